The summed E-state index contributed by atoms with van der Waals surface area (Å²) in [6.07, 6.45) is 17.8. The van der Waals surface area contributed by atoms with Gasteiger partial charge in [0.1, 0.15) is 12.0 Å². The first-order chi connectivity index (χ1) is 12.4. The van der Waals surface area contributed by atoms with Gasteiger partial charge in [0.25, 0.3) is 0 Å². The zero-order chi connectivity index (χ0) is 20.4. The van der Waals surface area contributed by atoms with Crippen molar-refractivity contribution in [3.63, 3.8) is 0 Å². The third-order valence-electron chi connectivity index (χ3n) is 3.92. The number of unbranched alkanes of at least 4 members (excludes halogenated alkanes) is 1. The molecule has 0 spiro atoms. The monoisotopic (exact) mass is 365 g/mol. The zero-order valence-electron chi connectivity index (χ0n) is 18.4. The quantitative estimate of drug-likeness (QED) is 0.285. The molecule has 0 aromatic heterocycles. The zero-order valence-corrected chi connectivity index (χ0v) is 18.4. The van der Waals surface area contributed by atoms with E-state index in [0.717, 1.165) is 18.7 Å². The van der Waals surface area contributed by atoms with Crippen molar-refractivity contribution in [1.29, 1.82) is 0 Å². The van der Waals surface area contributed by atoms with Crippen LogP contribution in [0.5, 0.6) is 0 Å². The van der Waals surface area contributed by atoms with Crippen molar-refractivity contribution in [2.45, 2.75) is 67.1 Å². The molecule has 0 saturated carbocycles. The average Bonchev–Trinajstić information content (AvgIpc) is 2.65. The minimum atomic E-state index is -0.166. The molecule has 0 saturated heterocycles. The van der Waals surface area contributed by atoms with Gasteiger partial charge in [-0.3, -0.25) is 11.1 Å². The highest BCUT2D eigenvalue weighted by molar-refractivity contribution is 5.21. The number of nitrogens with one attached hydrogen (secondary N) is 1. The highest BCUT2D eigenvalue weighted by Gasteiger charge is 2.17. The number of hydrogen-bond donors (Lipinski definition) is 2. The highest BCUT2D eigenvalue weighted by atomic mass is 16.5. The number of methoxy groups -OCH3 is 1. The summed E-state index contributed by atoms with van der Waals surface area (Å²) in [5.74, 6) is 0.849. The Morgan fingerprint density at radius 1 is 1.27 bits per heavy atom. The average molecular weight is 366 g/mol. The lowest BCUT2D eigenvalue weighted by Gasteiger charge is -2.27. The lowest BCUT2D eigenvalue weighted by Crippen LogP contribution is -2.47. The van der Waals surface area contributed by atoms with Gasteiger partial charge < -0.3 is 9.64 Å². The minimum absolute atomic E-state index is 0.0124. The first-order valence-electron chi connectivity index (χ1n) is 9.88. The van der Waals surface area contributed by atoms with Gasteiger partial charge in [-0.25, -0.2) is 0 Å². The number of nitrogens with zero attached hydrogens (tertiary/aromatic N) is 1. The highest BCUT2D eigenvalue weighted by Crippen LogP contribution is 2.28. The second-order valence-electron chi connectivity index (χ2n) is 6.23. The van der Waals surface area contributed by atoms with E-state index in [1.807, 2.05) is 50.9 Å². The number of ether oxygens (including phenoxy) is 1. The largest absolute Gasteiger partial charge is 0.497 e. The molecular formula is C22H43N3O. The maximum Gasteiger partial charge on any atom is 0.131 e. The van der Waals surface area contributed by atoms with Gasteiger partial charge >= 0.3 is 0 Å². The summed E-state index contributed by atoms with van der Waals surface area (Å²) < 4.78 is 5.32. The molecule has 4 heteroatoms. The van der Waals surface area contributed by atoms with Crippen molar-refractivity contribution >= 4 is 0 Å². The van der Waals surface area contributed by atoms with Gasteiger partial charge in [0, 0.05) is 12.5 Å². The van der Waals surface area contributed by atoms with Crippen LogP contribution in [0.2, 0.25) is 0 Å². The number of rotatable bonds is 12. The predicted molar refractivity (Wildman–Crippen MR) is 117 cm³/mol. The van der Waals surface area contributed by atoms with Gasteiger partial charge in [-0.2, -0.15) is 0 Å². The first kappa shape index (κ1) is 26.7. The van der Waals surface area contributed by atoms with Crippen LogP contribution in [0.15, 0.2) is 48.4 Å². The number of hydrogen-bond acceptors (Lipinski definition) is 4. The summed E-state index contributed by atoms with van der Waals surface area (Å²) in [6, 6.07) is 0. The van der Waals surface area contributed by atoms with E-state index in [-0.39, 0.29) is 11.7 Å². The van der Waals surface area contributed by atoms with E-state index >= 15 is 0 Å². The summed E-state index contributed by atoms with van der Waals surface area (Å²) in [7, 11) is 3.68. The smallest absolute Gasteiger partial charge is 0.131 e. The molecule has 0 aliphatic heterocycles. The van der Waals surface area contributed by atoms with Crippen molar-refractivity contribution in [2.24, 2.45) is 11.1 Å². The van der Waals surface area contributed by atoms with E-state index in [1.165, 1.54) is 12.8 Å². The maximum absolute atomic E-state index is 6.06. The van der Waals surface area contributed by atoms with Gasteiger partial charge in [-0.15, -0.1) is 0 Å². The summed E-state index contributed by atoms with van der Waals surface area (Å²) in [5.41, 5.74) is 6.05. The maximum atomic E-state index is 6.06. The third kappa shape index (κ3) is 12.8. The van der Waals surface area contributed by atoms with Crippen LogP contribution in [-0.2, 0) is 4.74 Å². The summed E-state index contributed by atoms with van der Waals surface area (Å²) in [5, 5.41) is 3.21. The fourth-order valence-electron chi connectivity index (χ4n) is 2.23. The molecule has 152 valence electrons. The van der Waals surface area contributed by atoms with Crippen LogP contribution in [0, 0.1) is 5.41 Å². The Kier molecular flexibility index (Phi) is 17.4. The van der Waals surface area contributed by atoms with E-state index in [0.29, 0.717) is 0 Å². The minimum Gasteiger partial charge on any atom is -0.497 e. The molecule has 0 radical (unpaired) electrons. The molecule has 26 heavy (non-hydrogen) atoms. The summed E-state index contributed by atoms with van der Waals surface area (Å²) in [4.78, 5) is 2.00. The molecule has 0 heterocycles. The fourth-order valence-corrected chi connectivity index (χ4v) is 2.23. The van der Waals surface area contributed by atoms with Gasteiger partial charge in [0.2, 0.25) is 0 Å². The lowest BCUT2D eigenvalue weighted by molar-refractivity contribution is 0.283. The Hall–Kier alpha value is -1.52. The molecule has 2 atom stereocenters. The Morgan fingerprint density at radius 2 is 1.92 bits per heavy atom. The molecule has 0 aliphatic carbocycles. The second-order valence-corrected chi connectivity index (χ2v) is 6.23. The van der Waals surface area contributed by atoms with Gasteiger partial charge in [0.05, 0.1) is 7.11 Å². The summed E-state index contributed by atoms with van der Waals surface area (Å²) >= 11 is 0. The Bertz CT molecular complexity index is 441. The van der Waals surface area contributed by atoms with E-state index in [1.54, 1.807) is 7.11 Å². The molecule has 0 bridgehead atoms. The first-order valence-corrected chi connectivity index (χ1v) is 9.88. The summed E-state index contributed by atoms with van der Waals surface area (Å²) in [6.45, 7) is 13.3. The molecule has 0 amide bonds. The number of allylic oxidation sites excluding steroid dienone is 6. The van der Waals surface area contributed by atoms with Gasteiger partial charge in [-0.1, -0.05) is 71.8 Å². The molecule has 0 aliphatic rings. The topological polar surface area (TPSA) is 50.5 Å². The van der Waals surface area contributed by atoms with Crippen molar-refractivity contribution in [3.8, 4) is 0 Å². The van der Waals surface area contributed by atoms with E-state index in [4.69, 9.17) is 10.5 Å². The van der Waals surface area contributed by atoms with Crippen molar-refractivity contribution < 1.29 is 4.74 Å². The lowest BCUT2D eigenvalue weighted by atomic mass is 9.84. The standard InChI is InChI=1S/C20H37N3O.C2H6/c1-7-10-14-20(4,15-11-13-18(24-6)12-8-2)16-17-23(5)19(21)22-9-3;1-2/h8,11-13,15-17,19,22H,7,9-10,14,21H2,1-6H3;1-2H3/b12-8-,15-11+,17-16+,18-13+;. The molecule has 0 aromatic rings. The molecule has 0 aromatic carbocycles. The van der Waals surface area contributed by atoms with Crippen molar-refractivity contribution in [3.05, 3.63) is 48.4 Å². The Morgan fingerprint density at radius 3 is 2.42 bits per heavy atom. The van der Waals surface area contributed by atoms with Crippen LogP contribution < -0.4 is 11.1 Å². The molecule has 2 unspecified atom stereocenters. The van der Waals surface area contributed by atoms with Crippen LogP contribution in [0.25, 0.3) is 0 Å². The number of nitrogens with two attached hydrogens (primary N) is 1. The fraction of sp³-hybridized carbons (Fsp3) is 0.636. The predicted octanol–water partition coefficient (Wildman–Crippen LogP) is 5.17. The third-order valence-corrected chi connectivity index (χ3v) is 3.92. The second kappa shape index (κ2) is 16.9. The Labute approximate surface area is 162 Å². The van der Waals surface area contributed by atoms with Crippen LogP contribution >= 0.6 is 0 Å². The Balaban J connectivity index is 0. The van der Waals surface area contributed by atoms with Crippen LogP contribution in [0.4, 0.5) is 0 Å². The molecule has 4 nitrogen and oxygen atoms in total. The SMILES string of the molecule is CC.C\C=C/C(=C\C=C\C(C)(/C=C/N(C)C(N)NCC)CCCC)OC. The van der Waals surface area contributed by atoms with Crippen LogP contribution in [-0.4, -0.2) is 31.9 Å². The van der Waals surface area contributed by atoms with E-state index in [2.05, 4.69) is 50.5 Å². The molecule has 0 rings (SSSR count). The molecular weight excluding hydrogens is 322 g/mol. The van der Waals surface area contributed by atoms with Crippen molar-refractivity contribution in [2.75, 3.05) is 20.7 Å². The van der Waals surface area contributed by atoms with Gasteiger partial charge in [0.15, 0.2) is 0 Å². The molecule has 3 N–H and O–H groups in total. The molecule has 0 fully saturated rings. The van der Waals surface area contributed by atoms with Crippen LogP contribution in [0.1, 0.15) is 60.8 Å². The van der Waals surface area contributed by atoms with Gasteiger partial charge in [-0.05, 0) is 38.2 Å². The normalized spacial score (nSPS) is 15.8. The van der Waals surface area contributed by atoms with E-state index < -0.39 is 0 Å². The van der Waals surface area contributed by atoms with E-state index in [9.17, 15) is 0 Å². The van der Waals surface area contributed by atoms with Crippen LogP contribution in [0.3, 0.4) is 0 Å². The van der Waals surface area contributed by atoms with Crippen molar-refractivity contribution in [1.82, 2.24) is 10.2 Å².